The molecule has 0 aliphatic rings. The number of thioether (sulfide) groups is 2. The highest BCUT2D eigenvalue weighted by Crippen LogP contribution is 2.15. The van der Waals surface area contributed by atoms with Crippen LogP contribution in [-0.2, 0) is 0 Å². The predicted molar refractivity (Wildman–Crippen MR) is 95.0 cm³/mol. The Labute approximate surface area is 138 Å². The van der Waals surface area contributed by atoms with Gasteiger partial charge in [0.25, 0.3) is 11.8 Å². The summed E-state index contributed by atoms with van der Waals surface area (Å²) >= 11 is 4.89. The average molecular weight is 347 g/mol. The standard InChI is InChI=1S/C14H22N2O2S3/c1-19-7-3-5-15-13(17)11-9-21-10-12(11)14(18)16-6-4-8-20-2/h9-10H,3-8H2,1-2H3,(H,15,17)(H,16,18). The third kappa shape index (κ3) is 6.76. The molecule has 0 bridgehead atoms. The Morgan fingerprint density at radius 2 is 1.38 bits per heavy atom. The molecule has 0 spiro atoms. The molecule has 0 unspecified atom stereocenters. The first kappa shape index (κ1) is 18.4. The van der Waals surface area contributed by atoms with Gasteiger partial charge in [0.05, 0.1) is 11.1 Å². The monoisotopic (exact) mass is 346 g/mol. The van der Waals surface area contributed by atoms with Crippen molar-refractivity contribution < 1.29 is 9.59 Å². The highest BCUT2D eigenvalue weighted by atomic mass is 32.2. The summed E-state index contributed by atoms with van der Waals surface area (Å²) < 4.78 is 0. The van der Waals surface area contributed by atoms with Crippen LogP contribution in [0.15, 0.2) is 10.8 Å². The second-order valence-electron chi connectivity index (χ2n) is 4.40. The van der Waals surface area contributed by atoms with E-state index in [0.29, 0.717) is 24.2 Å². The van der Waals surface area contributed by atoms with Crippen LogP contribution in [0.1, 0.15) is 33.6 Å². The lowest BCUT2D eigenvalue weighted by Crippen LogP contribution is -2.29. The topological polar surface area (TPSA) is 58.2 Å². The van der Waals surface area contributed by atoms with Gasteiger partial charge in [-0.3, -0.25) is 9.59 Å². The van der Waals surface area contributed by atoms with Crippen molar-refractivity contribution in [2.45, 2.75) is 12.8 Å². The van der Waals surface area contributed by atoms with Crippen molar-refractivity contribution in [2.24, 2.45) is 0 Å². The second-order valence-corrected chi connectivity index (χ2v) is 7.12. The Hall–Kier alpha value is -0.660. The van der Waals surface area contributed by atoms with Crippen molar-refractivity contribution in [2.75, 3.05) is 37.1 Å². The zero-order valence-corrected chi connectivity index (χ0v) is 14.9. The fraction of sp³-hybridized carbons (Fsp3) is 0.571. The molecule has 0 radical (unpaired) electrons. The van der Waals surface area contributed by atoms with Gasteiger partial charge in [-0.2, -0.15) is 34.9 Å². The maximum absolute atomic E-state index is 12.1. The first-order chi connectivity index (χ1) is 10.2. The number of hydrogen-bond acceptors (Lipinski definition) is 5. The number of carbonyl (C=O) groups is 2. The third-order valence-electron chi connectivity index (χ3n) is 2.77. The summed E-state index contributed by atoms with van der Waals surface area (Å²) in [5, 5.41) is 9.20. The first-order valence-electron chi connectivity index (χ1n) is 6.81. The molecule has 0 aromatic carbocycles. The molecule has 1 rings (SSSR count). The lowest BCUT2D eigenvalue weighted by atomic mass is 10.1. The summed E-state index contributed by atoms with van der Waals surface area (Å²) in [5.74, 6) is 1.72. The maximum Gasteiger partial charge on any atom is 0.252 e. The molecular weight excluding hydrogens is 324 g/mol. The van der Waals surface area contributed by atoms with Gasteiger partial charge < -0.3 is 10.6 Å². The minimum atomic E-state index is -0.161. The highest BCUT2D eigenvalue weighted by molar-refractivity contribution is 7.98. The lowest BCUT2D eigenvalue weighted by Gasteiger charge is -2.07. The summed E-state index contributed by atoms with van der Waals surface area (Å²) in [4.78, 5) is 24.2. The minimum absolute atomic E-state index is 0.161. The number of amides is 2. The highest BCUT2D eigenvalue weighted by Gasteiger charge is 2.17. The van der Waals surface area contributed by atoms with Gasteiger partial charge in [0.2, 0.25) is 0 Å². The van der Waals surface area contributed by atoms with Crippen LogP contribution in [-0.4, -0.2) is 48.9 Å². The van der Waals surface area contributed by atoms with E-state index in [-0.39, 0.29) is 11.8 Å². The van der Waals surface area contributed by atoms with Crippen LogP contribution in [0.3, 0.4) is 0 Å². The Morgan fingerprint density at radius 1 is 0.952 bits per heavy atom. The summed E-state index contributed by atoms with van der Waals surface area (Å²) in [5.41, 5.74) is 0.957. The molecule has 0 aliphatic heterocycles. The summed E-state index contributed by atoms with van der Waals surface area (Å²) in [6, 6.07) is 0. The summed E-state index contributed by atoms with van der Waals surface area (Å²) in [7, 11) is 0. The van der Waals surface area contributed by atoms with Crippen LogP contribution >= 0.6 is 34.9 Å². The molecule has 1 aromatic rings. The number of nitrogens with one attached hydrogen (secondary N) is 2. The molecule has 7 heteroatoms. The van der Waals surface area contributed by atoms with Crippen molar-refractivity contribution in [1.82, 2.24) is 10.6 Å². The molecule has 0 fully saturated rings. The Morgan fingerprint density at radius 3 is 1.76 bits per heavy atom. The third-order valence-corrected chi connectivity index (χ3v) is 4.91. The lowest BCUT2D eigenvalue weighted by molar-refractivity contribution is 0.0920. The number of thiophene rings is 1. The Bertz CT molecular complexity index is 411. The number of carbonyl (C=O) groups excluding carboxylic acids is 2. The van der Waals surface area contributed by atoms with Gasteiger partial charge in [0, 0.05) is 23.8 Å². The van der Waals surface area contributed by atoms with E-state index < -0.39 is 0 Å². The fourth-order valence-corrected chi connectivity index (χ4v) is 3.35. The SMILES string of the molecule is CSCCCNC(=O)c1cscc1C(=O)NCCCSC. The van der Waals surface area contributed by atoms with Crippen LogP contribution in [0.2, 0.25) is 0 Å². The van der Waals surface area contributed by atoms with Gasteiger partial charge in [0.1, 0.15) is 0 Å². The van der Waals surface area contributed by atoms with Gasteiger partial charge in [-0.15, -0.1) is 0 Å². The van der Waals surface area contributed by atoms with E-state index in [9.17, 15) is 9.59 Å². The molecule has 2 amide bonds. The molecule has 2 N–H and O–H groups in total. The zero-order valence-electron chi connectivity index (χ0n) is 12.4. The molecule has 21 heavy (non-hydrogen) atoms. The predicted octanol–water partition coefficient (Wildman–Crippen LogP) is 2.71. The molecule has 1 heterocycles. The average Bonchev–Trinajstić information content (AvgIpc) is 2.97. The van der Waals surface area contributed by atoms with Crippen LogP contribution in [0.5, 0.6) is 0 Å². The van der Waals surface area contributed by atoms with E-state index in [1.165, 1.54) is 11.3 Å². The van der Waals surface area contributed by atoms with E-state index >= 15 is 0 Å². The number of rotatable bonds is 10. The van der Waals surface area contributed by atoms with E-state index in [4.69, 9.17) is 0 Å². The quantitative estimate of drug-likeness (QED) is 0.640. The van der Waals surface area contributed by atoms with Gasteiger partial charge in [0.15, 0.2) is 0 Å². The van der Waals surface area contributed by atoms with E-state index in [1.807, 2.05) is 12.5 Å². The fourth-order valence-electron chi connectivity index (χ4n) is 1.68. The Kier molecular flexibility index (Phi) is 9.62. The van der Waals surface area contributed by atoms with Crippen molar-refractivity contribution in [3.8, 4) is 0 Å². The van der Waals surface area contributed by atoms with E-state index in [2.05, 4.69) is 10.6 Å². The molecule has 118 valence electrons. The van der Waals surface area contributed by atoms with Gasteiger partial charge >= 0.3 is 0 Å². The smallest absolute Gasteiger partial charge is 0.252 e. The van der Waals surface area contributed by atoms with Crippen LogP contribution < -0.4 is 10.6 Å². The molecular formula is C14H22N2O2S3. The Balaban J connectivity index is 2.47. The minimum Gasteiger partial charge on any atom is -0.352 e. The number of hydrogen-bond donors (Lipinski definition) is 2. The van der Waals surface area contributed by atoms with Crippen molar-refractivity contribution in [3.63, 3.8) is 0 Å². The van der Waals surface area contributed by atoms with Crippen molar-refractivity contribution in [3.05, 3.63) is 21.9 Å². The van der Waals surface area contributed by atoms with Crippen LogP contribution in [0.25, 0.3) is 0 Å². The van der Waals surface area contributed by atoms with Crippen LogP contribution in [0, 0.1) is 0 Å². The van der Waals surface area contributed by atoms with Crippen LogP contribution in [0.4, 0.5) is 0 Å². The molecule has 0 saturated carbocycles. The van der Waals surface area contributed by atoms with Crippen molar-refractivity contribution >= 4 is 46.7 Å². The molecule has 4 nitrogen and oxygen atoms in total. The zero-order chi connectivity index (χ0) is 15.5. The van der Waals surface area contributed by atoms with Gasteiger partial charge in [-0.25, -0.2) is 0 Å². The van der Waals surface area contributed by atoms with Crippen molar-refractivity contribution in [1.29, 1.82) is 0 Å². The molecule has 1 aromatic heterocycles. The first-order valence-corrected chi connectivity index (χ1v) is 10.5. The largest absolute Gasteiger partial charge is 0.352 e. The van der Waals surface area contributed by atoms with Gasteiger partial charge in [-0.05, 0) is 36.9 Å². The summed E-state index contributed by atoms with van der Waals surface area (Å²) in [6.07, 6.45) is 5.96. The maximum atomic E-state index is 12.1. The molecule has 0 aliphatic carbocycles. The van der Waals surface area contributed by atoms with E-state index in [1.54, 1.807) is 34.3 Å². The molecule has 0 atom stereocenters. The van der Waals surface area contributed by atoms with E-state index in [0.717, 1.165) is 24.3 Å². The summed E-state index contributed by atoms with van der Waals surface area (Å²) in [6.45, 7) is 1.29. The second kappa shape index (κ2) is 11.0. The molecule has 0 saturated heterocycles. The normalized spacial score (nSPS) is 10.4. The van der Waals surface area contributed by atoms with Gasteiger partial charge in [-0.1, -0.05) is 0 Å².